The van der Waals surface area contributed by atoms with Crippen molar-refractivity contribution in [3.05, 3.63) is 44.1 Å². The van der Waals surface area contributed by atoms with Gasteiger partial charge in [0, 0.05) is 16.3 Å². The zero-order valence-corrected chi connectivity index (χ0v) is 13.0. The number of benzene rings is 1. The third kappa shape index (κ3) is 2.99. The van der Waals surface area contributed by atoms with Crippen LogP contribution in [-0.4, -0.2) is 9.97 Å². The lowest BCUT2D eigenvalue weighted by atomic mass is 10.2. The van der Waals surface area contributed by atoms with Gasteiger partial charge in [-0.3, -0.25) is 0 Å². The number of aryl methyl sites for hydroxylation is 1. The van der Waals surface area contributed by atoms with Crippen molar-refractivity contribution in [1.82, 2.24) is 9.97 Å². The van der Waals surface area contributed by atoms with Crippen LogP contribution in [0, 0.1) is 4.64 Å². The first kappa shape index (κ1) is 13.7. The van der Waals surface area contributed by atoms with E-state index in [4.69, 9.17) is 23.8 Å². The summed E-state index contributed by atoms with van der Waals surface area (Å²) in [4.78, 5) is 7.71. The van der Waals surface area contributed by atoms with Crippen molar-refractivity contribution in [2.75, 3.05) is 0 Å². The molecule has 0 aliphatic rings. The molecule has 2 aromatic rings. The lowest BCUT2D eigenvalue weighted by molar-refractivity contribution is 0.865. The van der Waals surface area contributed by atoms with Gasteiger partial charge >= 0.3 is 0 Å². The Morgan fingerprint density at radius 2 is 2.00 bits per heavy atom. The summed E-state index contributed by atoms with van der Waals surface area (Å²) < 4.78 is 1.47. The monoisotopic (exact) mass is 342 g/mol. The normalized spacial score (nSPS) is 10.6. The summed E-state index contributed by atoms with van der Waals surface area (Å²) in [6, 6.07) is 7.55. The second-order valence-electron chi connectivity index (χ2n) is 3.94. The van der Waals surface area contributed by atoms with Crippen LogP contribution in [0.15, 0.2) is 28.7 Å². The number of hydrogen-bond donors (Lipinski definition) is 1. The molecule has 1 aromatic carbocycles. The van der Waals surface area contributed by atoms with Crippen molar-refractivity contribution in [3.8, 4) is 11.4 Å². The minimum atomic E-state index is 0.585. The van der Waals surface area contributed by atoms with Gasteiger partial charge in [-0.25, -0.2) is 4.98 Å². The van der Waals surface area contributed by atoms with E-state index in [1.807, 2.05) is 24.3 Å². The predicted octanol–water partition coefficient (Wildman–Crippen LogP) is 5.17. The summed E-state index contributed by atoms with van der Waals surface area (Å²) in [5.41, 5.74) is 2.07. The van der Waals surface area contributed by atoms with Gasteiger partial charge < -0.3 is 4.98 Å². The van der Waals surface area contributed by atoms with Crippen LogP contribution in [-0.2, 0) is 6.42 Å². The van der Waals surface area contributed by atoms with Crippen LogP contribution >= 0.6 is 39.7 Å². The molecule has 0 fully saturated rings. The molecule has 18 heavy (non-hydrogen) atoms. The Bertz CT molecular complexity index is 607. The minimum Gasteiger partial charge on any atom is -0.342 e. The van der Waals surface area contributed by atoms with Crippen LogP contribution in [0.2, 0.25) is 5.02 Å². The maximum atomic E-state index is 5.88. The summed E-state index contributed by atoms with van der Waals surface area (Å²) in [5, 5.41) is 0.711. The van der Waals surface area contributed by atoms with Crippen molar-refractivity contribution in [2.24, 2.45) is 0 Å². The molecule has 2 nitrogen and oxygen atoms in total. The van der Waals surface area contributed by atoms with E-state index in [-0.39, 0.29) is 0 Å². The number of H-pyrrole nitrogens is 1. The smallest absolute Gasteiger partial charge is 0.144 e. The molecule has 0 saturated heterocycles. The highest BCUT2D eigenvalue weighted by Crippen LogP contribution is 2.23. The first-order valence-corrected chi connectivity index (χ1v) is 7.24. The first-order chi connectivity index (χ1) is 8.61. The van der Waals surface area contributed by atoms with Crippen LogP contribution in [0.3, 0.4) is 0 Å². The van der Waals surface area contributed by atoms with E-state index < -0.39 is 0 Å². The van der Waals surface area contributed by atoms with E-state index in [1.165, 1.54) is 0 Å². The second kappa shape index (κ2) is 5.95. The number of aromatic nitrogens is 2. The fraction of sp³-hybridized carbons (Fsp3) is 0.231. The molecule has 0 aliphatic carbocycles. The highest BCUT2D eigenvalue weighted by atomic mass is 79.9. The van der Waals surface area contributed by atoms with Crippen LogP contribution < -0.4 is 0 Å². The van der Waals surface area contributed by atoms with E-state index in [0.717, 1.165) is 34.4 Å². The van der Waals surface area contributed by atoms with Gasteiger partial charge in [0.1, 0.15) is 10.5 Å². The van der Waals surface area contributed by atoms with Gasteiger partial charge in [-0.05, 0) is 46.6 Å². The number of nitrogens with zero attached hydrogens (tertiary/aromatic N) is 1. The van der Waals surface area contributed by atoms with E-state index in [1.54, 1.807) is 0 Å². The standard InChI is InChI=1S/C13H12BrClN2S/c1-2-3-10-11(14)13(18)17-12(16-10)8-4-6-9(15)7-5-8/h4-7H,2-3H2,1H3,(H,16,17,18). The van der Waals surface area contributed by atoms with Gasteiger partial charge in [0.05, 0.1) is 4.47 Å². The van der Waals surface area contributed by atoms with Gasteiger partial charge in [-0.15, -0.1) is 0 Å². The molecule has 0 saturated carbocycles. The van der Waals surface area contributed by atoms with Crippen molar-refractivity contribution < 1.29 is 0 Å². The molecular formula is C13H12BrClN2S. The Balaban J connectivity index is 2.51. The number of halogens is 2. The van der Waals surface area contributed by atoms with Crippen molar-refractivity contribution in [3.63, 3.8) is 0 Å². The summed E-state index contributed by atoms with van der Waals surface area (Å²) in [7, 11) is 0. The molecule has 2 rings (SSSR count). The number of rotatable bonds is 3. The fourth-order valence-electron chi connectivity index (χ4n) is 1.67. The number of hydrogen-bond acceptors (Lipinski definition) is 2. The molecule has 0 radical (unpaired) electrons. The molecule has 1 N–H and O–H groups in total. The third-order valence-electron chi connectivity index (χ3n) is 2.55. The zero-order valence-electron chi connectivity index (χ0n) is 9.84. The Morgan fingerprint density at radius 3 is 2.61 bits per heavy atom. The van der Waals surface area contributed by atoms with Crippen LogP contribution in [0.4, 0.5) is 0 Å². The Hall–Kier alpha value is -0.710. The fourth-order valence-corrected chi connectivity index (χ4v) is 2.40. The van der Waals surface area contributed by atoms with Crippen molar-refractivity contribution >= 4 is 39.7 Å². The molecule has 0 aliphatic heterocycles. The van der Waals surface area contributed by atoms with E-state index in [9.17, 15) is 0 Å². The molecule has 0 atom stereocenters. The van der Waals surface area contributed by atoms with Crippen molar-refractivity contribution in [2.45, 2.75) is 19.8 Å². The molecule has 1 heterocycles. The highest BCUT2D eigenvalue weighted by molar-refractivity contribution is 9.10. The third-order valence-corrected chi connectivity index (χ3v) is 4.22. The molecule has 5 heteroatoms. The Morgan fingerprint density at radius 1 is 1.33 bits per heavy atom. The zero-order chi connectivity index (χ0) is 13.1. The topological polar surface area (TPSA) is 28.7 Å². The number of nitrogens with one attached hydrogen (secondary N) is 1. The summed E-state index contributed by atoms with van der Waals surface area (Å²) >= 11 is 14.6. The van der Waals surface area contributed by atoms with Gasteiger partial charge in [-0.1, -0.05) is 37.2 Å². The average Bonchev–Trinajstić information content (AvgIpc) is 2.36. The maximum Gasteiger partial charge on any atom is 0.144 e. The Labute approximate surface area is 125 Å². The first-order valence-electron chi connectivity index (χ1n) is 5.66. The predicted molar refractivity (Wildman–Crippen MR) is 81.6 cm³/mol. The van der Waals surface area contributed by atoms with E-state index in [0.29, 0.717) is 9.66 Å². The van der Waals surface area contributed by atoms with Gasteiger partial charge in [0.15, 0.2) is 0 Å². The molecule has 1 aromatic heterocycles. The second-order valence-corrected chi connectivity index (χ2v) is 5.56. The van der Waals surface area contributed by atoms with Crippen molar-refractivity contribution in [1.29, 1.82) is 0 Å². The SMILES string of the molecule is CCCc1[nH]c(-c2ccc(Cl)cc2)nc(=S)c1Br. The summed E-state index contributed by atoms with van der Waals surface area (Å²) in [6.07, 6.45) is 1.99. The highest BCUT2D eigenvalue weighted by Gasteiger charge is 2.07. The van der Waals surface area contributed by atoms with E-state index in [2.05, 4.69) is 32.8 Å². The average molecular weight is 344 g/mol. The molecular weight excluding hydrogens is 332 g/mol. The van der Waals surface area contributed by atoms with Gasteiger partial charge in [0.2, 0.25) is 0 Å². The summed E-state index contributed by atoms with van der Waals surface area (Å²) in [5.74, 6) is 0.781. The molecule has 0 amide bonds. The van der Waals surface area contributed by atoms with Crippen LogP contribution in [0.5, 0.6) is 0 Å². The minimum absolute atomic E-state index is 0.585. The molecule has 0 spiro atoms. The van der Waals surface area contributed by atoms with Crippen LogP contribution in [0.1, 0.15) is 19.0 Å². The lowest BCUT2D eigenvalue weighted by Crippen LogP contribution is -1.98. The van der Waals surface area contributed by atoms with Crippen LogP contribution in [0.25, 0.3) is 11.4 Å². The lowest BCUT2D eigenvalue weighted by Gasteiger charge is -2.08. The maximum absolute atomic E-state index is 5.88. The quantitative estimate of drug-likeness (QED) is 0.778. The van der Waals surface area contributed by atoms with E-state index >= 15 is 0 Å². The van der Waals surface area contributed by atoms with Gasteiger partial charge in [0.25, 0.3) is 0 Å². The molecule has 94 valence electrons. The van der Waals surface area contributed by atoms with Gasteiger partial charge in [-0.2, -0.15) is 0 Å². The largest absolute Gasteiger partial charge is 0.342 e. The summed E-state index contributed by atoms with van der Waals surface area (Å²) in [6.45, 7) is 2.13. The molecule has 0 bridgehead atoms. The number of aromatic amines is 1. The Kier molecular flexibility index (Phi) is 4.54. The molecule has 0 unspecified atom stereocenters.